The molecule has 0 spiro atoms. The van der Waals surface area contributed by atoms with Crippen LogP contribution in [0.15, 0.2) is 24.3 Å². The van der Waals surface area contributed by atoms with E-state index in [1.54, 1.807) is 12.1 Å². The van der Waals surface area contributed by atoms with Gasteiger partial charge in [0, 0.05) is 11.4 Å². The Morgan fingerprint density at radius 1 is 0.667 bits per heavy atom. The first-order valence-corrected chi connectivity index (χ1v) is 12.4. The molecule has 180 valence electrons. The Hall–Kier alpha value is -0.0200. The zero-order valence-corrected chi connectivity index (χ0v) is 22.8. The van der Waals surface area contributed by atoms with E-state index in [1.807, 2.05) is 0 Å². The number of carbonyl (C=O) groups excluding carboxylic acids is 3. The molecule has 2 N–H and O–H groups in total. The van der Waals surface area contributed by atoms with Crippen molar-refractivity contribution in [1.29, 1.82) is 0 Å². The second-order valence-electron chi connectivity index (χ2n) is 7.13. The lowest BCUT2D eigenvalue weighted by atomic mass is 10.1. The predicted octanol–water partition coefficient (Wildman–Crippen LogP) is 7.22. The molecule has 1 saturated heterocycles. The molecule has 0 saturated carbocycles. The maximum absolute atomic E-state index is 13.1. The third-order valence-corrected chi connectivity index (χ3v) is 6.52. The van der Waals surface area contributed by atoms with Gasteiger partial charge in [0.2, 0.25) is 11.6 Å². The van der Waals surface area contributed by atoms with Crippen LogP contribution in [0, 0.1) is 0 Å². The first-order chi connectivity index (χ1) is 15.0. The Bertz CT molecular complexity index is 1010. The number of halogens is 9. The van der Waals surface area contributed by atoms with Gasteiger partial charge in [0.15, 0.2) is 0 Å². The molecule has 1 aliphatic rings. The van der Waals surface area contributed by atoms with Gasteiger partial charge in [-0.25, -0.2) is 0 Å². The van der Waals surface area contributed by atoms with E-state index in [9.17, 15) is 14.4 Å². The SMILES string of the molecule is O=C(c1ccc([C@@H]2CC[C@@H](c3ccc(C(=O)C(Cl)(Cl)Cl)[nH]3)N2C(=O)C(Cl)(Cl)Cl)[nH]1)C(Cl)(Cl)Cl. The van der Waals surface area contributed by atoms with Crippen LogP contribution < -0.4 is 0 Å². The number of H-pyrrole nitrogens is 2. The van der Waals surface area contributed by atoms with Crippen LogP contribution in [0.25, 0.3) is 0 Å². The van der Waals surface area contributed by atoms with Gasteiger partial charge < -0.3 is 14.9 Å². The van der Waals surface area contributed by atoms with Crippen molar-refractivity contribution in [3.05, 3.63) is 47.0 Å². The fraction of sp³-hybridized carbons (Fsp3) is 0.389. The average Bonchev–Trinajstić information content (AvgIpc) is 3.41. The van der Waals surface area contributed by atoms with Crippen molar-refractivity contribution >= 4 is 122 Å². The van der Waals surface area contributed by atoms with E-state index in [0.717, 1.165) is 0 Å². The number of hydrogen-bond acceptors (Lipinski definition) is 3. The van der Waals surface area contributed by atoms with Crippen molar-refractivity contribution in [1.82, 2.24) is 14.9 Å². The van der Waals surface area contributed by atoms with Crippen LogP contribution in [0.3, 0.4) is 0 Å². The van der Waals surface area contributed by atoms with Crippen molar-refractivity contribution in [3.63, 3.8) is 0 Å². The summed E-state index contributed by atoms with van der Waals surface area (Å²) >= 11 is 51.8. The molecular weight excluding hydrogens is 625 g/mol. The monoisotopic (exact) mass is 633 g/mol. The minimum atomic E-state index is -2.27. The Balaban J connectivity index is 1.97. The van der Waals surface area contributed by atoms with Crippen molar-refractivity contribution in [3.8, 4) is 0 Å². The van der Waals surface area contributed by atoms with Crippen LogP contribution in [0.2, 0.25) is 0 Å². The number of hydrogen-bond donors (Lipinski definition) is 2. The van der Waals surface area contributed by atoms with Gasteiger partial charge in [-0.15, -0.1) is 0 Å². The van der Waals surface area contributed by atoms with Gasteiger partial charge >= 0.3 is 0 Å². The number of rotatable bonds is 4. The molecular formula is C18H12Cl9N3O3. The molecule has 2 aromatic heterocycles. The van der Waals surface area contributed by atoms with Gasteiger partial charge in [-0.3, -0.25) is 14.4 Å². The molecule has 3 rings (SSSR count). The molecule has 0 unspecified atom stereocenters. The highest BCUT2D eigenvalue weighted by Gasteiger charge is 2.47. The van der Waals surface area contributed by atoms with Crippen LogP contribution in [-0.2, 0) is 4.79 Å². The molecule has 15 heteroatoms. The summed E-state index contributed by atoms with van der Waals surface area (Å²) in [6, 6.07) is 4.76. The molecule has 1 amide bonds. The number of aromatic amines is 2. The third kappa shape index (κ3) is 6.04. The average molecular weight is 637 g/mol. The van der Waals surface area contributed by atoms with Crippen molar-refractivity contribution in [2.75, 3.05) is 0 Å². The van der Waals surface area contributed by atoms with Gasteiger partial charge in [-0.05, 0) is 37.1 Å². The molecule has 33 heavy (non-hydrogen) atoms. The largest absolute Gasteiger partial charge is 0.354 e. The summed E-state index contributed by atoms with van der Waals surface area (Å²) < 4.78 is -6.60. The number of aromatic nitrogens is 2. The van der Waals surface area contributed by atoms with E-state index in [0.29, 0.717) is 24.2 Å². The number of nitrogens with one attached hydrogen (secondary N) is 2. The van der Waals surface area contributed by atoms with Crippen molar-refractivity contribution in [2.45, 2.75) is 36.3 Å². The lowest BCUT2D eigenvalue weighted by molar-refractivity contribution is -0.133. The summed E-state index contributed by atoms with van der Waals surface area (Å²) in [4.78, 5) is 44.7. The maximum Gasteiger partial charge on any atom is 0.275 e. The molecule has 2 aromatic rings. The molecule has 0 bridgehead atoms. The van der Waals surface area contributed by atoms with Crippen LogP contribution in [0.1, 0.15) is 57.3 Å². The minimum absolute atomic E-state index is 0.0326. The fourth-order valence-electron chi connectivity index (χ4n) is 3.63. The van der Waals surface area contributed by atoms with Crippen LogP contribution in [0.5, 0.6) is 0 Å². The lowest BCUT2D eigenvalue weighted by Gasteiger charge is -2.32. The summed E-state index contributed by atoms with van der Waals surface area (Å²) in [6.07, 6.45) is 0.845. The number of alkyl halides is 9. The van der Waals surface area contributed by atoms with E-state index >= 15 is 0 Å². The fourth-order valence-corrected chi connectivity index (χ4v) is 4.54. The Morgan fingerprint density at radius 2 is 1.03 bits per heavy atom. The standard InChI is InChI=1S/C18H12Cl9N3O3/c19-16(20,21)13(31)9-3-1-7(28-9)11-5-6-12(30(11)15(33)18(25,26)27)8-2-4-10(29-8)14(32)17(22,23)24/h1-4,11-12,28-29H,5-6H2/t11-,12-/m0/s1. The van der Waals surface area contributed by atoms with E-state index in [4.69, 9.17) is 104 Å². The number of Topliss-reactive ketones (excluding diaryl/α,β-unsaturated/α-hetero) is 2. The van der Waals surface area contributed by atoms with Gasteiger partial charge in [0.05, 0.1) is 23.5 Å². The molecule has 1 fully saturated rings. The van der Waals surface area contributed by atoms with E-state index < -0.39 is 40.9 Å². The molecule has 0 aromatic carbocycles. The maximum atomic E-state index is 13.1. The van der Waals surface area contributed by atoms with E-state index in [1.165, 1.54) is 17.0 Å². The summed E-state index contributed by atoms with van der Waals surface area (Å²) in [6.45, 7) is 0. The van der Waals surface area contributed by atoms with Gasteiger partial charge in [-0.2, -0.15) is 0 Å². The highest BCUT2D eigenvalue weighted by atomic mass is 35.6. The zero-order chi connectivity index (χ0) is 24.9. The molecule has 0 radical (unpaired) electrons. The van der Waals surface area contributed by atoms with E-state index in [-0.39, 0.29) is 11.4 Å². The number of amides is 1. The van der Waals surface area contributed by atoms with E-state index in [2.05, 4.69) is 9.97 Å². The Kier molecular flexibility index (Phi) is 8.18. The first kappa shape index (κ1) is 27.6. The second kappa shape index (κ2) is 9.79. The molecule has 0 aliphatic carbocycles. The predicted molar refractivity (Wildman–Crippen MR) is 133 cm³/mol. The molecule has 6 nitrogen and oxygen atoms in total. The quantitative estimate of drug-likeness (QED) is 0.274. The van der Waals surface area contributed by atoms with Gasteiger partial charge in [-0.1, -0.05) is 104 Å². The highest BCUT2D eigenvalue weighted by molar-refractivity contribution is 6.78. The van der Waals surface area contributed by atoms with Crippen molar-refractivity contribution in [2.24, 2.45) is 0 Å². The molecule has 3 heterocycles. The Morgan fingerprint density at radius 3 is 1.33 bits per heavy atom. The number of carbonyl (C=O) groups is 3. The van der Waals surface area contributed by atoms with Crippen LogP contribution >= 0.6 is 104 Å². The van der Waals surface area contributed by atoms with Crippen LogP contribution in [0.4, 0.5) is 0 Å². The molecule has 1 aliphatic heterocycles. The van der Waals surface area contributed by atoms with Crippen molar-refractivity contribution < 1.29 is 14.4 Å². The topological polar surface area (TPSA) is 86.0 Å². The Labute approximate surface area is 233 Å². The van der Waals surface area contributed by atoms with Gasteiger partial charge in [0.1, 0.15) is 0 Å². The minimum Gasteiger partial charge on any atom is -0.354 e. The first-order valence-electron chi connectivity index (χ1n) is 9.02. The number of ketones is 2. The summed E-state index contributed by atoms with van der Waals surface area (Å²) in [5, 5.41) is 0. The number of nitrogens with zero attached hydrogens (tertiary/aromatic N) is 1. The third-order valence-electron chi connectivity index (χ3n) is 5.00. The summed E-state index contributed by atoms with van der Waals surface area (Å²) in [5.41, 5.74) is 0.985. The zero-order valence-electron chi connectivity index (χ0n) is 16.0. The summed E-state index contributed by atoms with van der Waals surface area (Å²) in [7, 11) is 0. The van der Waals surface area contributed by atoms with Gasteiger partial charge in [0.25, 0.3) is 17.3 Å². The summed E-state index contributed by atoms with van der Waals surface area (Å²) in [5.74, 6) is -2.36. The lowest BCUT2D eigenvalue weighted by Crippen LogP contribution is -2.40. The second-order valence-corrected chi connectivity index (χ2v) is 14.0. The number of likely N-dealkylation sites (tertiary alicyclic amines) is 1. The molecule has 2 atom stereocenters. The highest BCUT2D eigenvalue weighted by Crippen LogP contribution is 2.47. The smallest absolute Gasteiger partial charge is 0.275 e. The van der Waals surface area contributed by atoms with Crippen LogP contribution in [-0.4, -0.2) is 43.7 Å². The normalized spacial score (nSPS) is 19.7.